The van der Waals surface area contributed by atoms with Gasteiger partial charge in [-0.1, -0.05) is 36.9 Å². The summed E-state index contributed by atoms with van der Waals surface area (Å²) in [5.41, 5.74) is 5.76. The summed E-state index contributed by atoms with van der Waals surface area (Å²) in [6.07, 6.45) is 1.59. The van der Waals surface area contributed by atoms with Crippen LogP contribution in [0, 0.1) is 3.57 Å². The van der Waals surface area contributed by atoms with Crippen molar-refractivity contribution in [3.05, 3.63) is 75.9 Å². The van der Waals surface area contributed by atoms with Gasteiger partial charge in [0.05, 0.1) is 11.1 Å². The van der Waals surface area contributed by atoms with Crippen molar-refractivity contribution in [3.63, 3.8) is 0 Å². The van der Waals surface area contributed by atoms with Gasteiger partial charge in [-0.05, 0) is 59.1 Å². The normalized spacial score (nSPS) is 9.73. The average molecular weight is 481 g/mol. The molecule has 6 nitrogen and oxygen atoms in total. The Bertz CT molecular complexity index is 842. The Labute approximate surface area is 170 Å². The molecule has 2 aromatic rings. The van der Waals surface area contributed by atoms with Crippen LogP contribution in [0.15, 0.2) is 61.2 Å². The third-order valence-electron chi connectivity index (χ3n) is 3.12. The van der Waals surface area contributed by atoms with Crippen LogP contribution in [0.4, 0.5) is 0 Å². The molecule has 2 rings (SSSR count). The van der Waals surface area contributed by atoms with Gasteiger partial charge in [0, 0.05) is 3.57 Å². The van der Waals surface area contributed by atoms with Crippen LogP contribution in [0.1, 0.15) is 20.7 Å². The summed E-state index contributed by atoms with van der Waals surface area (Å²) in [5.74, 6) is -0.396. The predicted molar refractivity (Wildman–Crippen MR) is 112 cm³/mol. The topological polar surface area (TPSA) is 79.5 Å². The molecule has 0 unspecified atom stereocenters. The smallest absolute Gasteiger partial charge is 0.273 e. The number of hydrazine groups is 1. The molecule has 0 bridgehead atoms. The molecule has 0 heterocycles. The van der Waals surface area contributed by atoms with E-state index in [4.69, 9.17) is 17.0 Å². The number of hydrogen-bond donors (Lipinski definition) is 3. The zero-order chi connectivity index (χ0) is 18.9. The fourth-order valence-electron chi connectivity index (χ4n) is 1.96. The lowest BCUT2D eigenvalue weighted by molar-refractivity contribution is 0.0931. The van der Waals surface area contributed by atoms with E-state index in [0.29, 0.717) is 16.9 Å². The summed E-state index contributed by atoms with van der Waals surface area (Å²) < 4.78 is 6.23. The van der Waals surface area contributed by atoms with Gasteiger partial charge in [-0.25, -0.2) is 0 Å². The molecule has 2 amide bonds. The Morgan fingerprint density at radius 2 is 1.69 bits per heavy atom. The van der Waals surface area contributed by atoms with Gasteiger partial charge in [-0.3, -0.25) is 25.8 Å². The molecule has 0 saturated carbocycles. The van der Waals surface area contributed by atoms with Gasteiger partial charge >= 0.3 is 0 Å². The minimum Gasteiger partial charge on any atom is -0.489 e. The Morgan fingerprint density at radius 1 is 1.04 bits per heavy atom. The average Bonchev–Trinajstić information content (AvgIpc) is 2.65. The summed E-state index contributed by atoms with van der Waals surface area (Å²) in [4.78, 5) is 24.5. The summed E-state index contributed by atoms with van der Waals surface area (Å²) in [5, 5.41) is 2.49. The van der Waals surface area contributed by atoms with Gasteiger partial charge in [-0.15, -0.1) is 0 Å². The summed E-state index contributed by atoms with van der Waals surface area (Å²) in [7, 11) is 0. The van der Waals surface area contributed by atoms with Gasteiger partial charge in [0.2, 0.25) is 0 Å². The minimum atomic E-state index is -0.449. The van der Waals surface area contributed by atoms with Crippen molar-refractivity contribution >= 4 is 51.7 Å². The first-order chi connectivity index (χ1) is 12.5. The monoisotopic (exact) mass is 481 g/mol. The summed E-state index contributed by atoms with van der Waals surface area (Å²) in [6, 6.07) is 13.9. The van der Waals surface area contributed by atoms with Crippen LogP contribution < -0.4 is 20.9 Å². The molecule has 0 spiro atoms. The van der Waals surface area contributed by atoms with Crippen LogP contribution >= 0.6 is 34.8 Å². The van der Waals surface area contributed by atoms with Crippen molar-refractivity contribution in [1.29, 1.82) is 0 Å². The number of benzene rings is 2. The third-order valence-corrected chi connectivity index (χ3v) is 4.27. The van der Waals surface area contributed by atoms with E-state index < -0.39 is 5.91 Å². The van der Waals surface area contributed by atoms with E-state index >= 15 is 0 Å². The maximum atomic E-state index is 12.3. The summed E-state index contributed by atoms with van der Waals surface area (Å²) in [6.45, 7) is 3.85. The number of thiocarbonyl (C=S) groups is 1. The second kappa shape index (κ2) is 9.88. The fourth-order valence-corrected chi connectivity index (χ4v) is 2.73. The molecule has 3 N–H and O–H groups in total. The lowest BCUT2D eigenvalue weighted by Crippen LogP contribution is -2.48. The molecule has 0 aromatic heterocycles. The molecule has 0 saturated heterocycles. The number of carbonyl (C=O) groups is 2. The first-order valence-electron chi connectivity index (χ1n) is 7.52. The number of para-hydroxylation sites is 1. The van der Waals surface area contributed by atoms with Gasteiger partial charge in [0.1, 0.15) is 12.4 Å². The number of ether oxygens (including phenoxy) is 1. The lowest BCUT2D eigenvalue weighted by Gasteiger charge is -2.13. The van der Waals surface area contributed by atoms with E-state index in [1.54, 1.807) is 42.5 Å². The van der Waals surface area contributed by atoms with Crippen molar-refractivity contribution in [2.45, 2.75) is 0 Å². The number of nitrogens with one attached hydrogen (secondary N) is 3. The Morgan fingerprint density at radius 3 is 2.38 bits per heavy atom. The van der Waals surface area contributed by atoms with E-state index in [1.165, 1.54) is 0 Å². The van der Waals surface area contributed by atoms with Crippen molar-refractivity contribution < 1.29 is 14.3 Å². The number of carbonyl (C=O) groups excluding carboxylic acids is 2. The number of rotatable bonds is 5. The van der Waals surface area contributed by atoms with E-state index in [-0.39, 0.29) is 17.6 Å². The minimum absolute atomic E-state index is 0.0208. The SMILES string of the molecule is C=CCOc1ccccc1C(=O)NNC(=S)NC(=O)c1ccccc1I. The van der Waals surface area contributed by atoms with Crippen molar-refractivity contribution in [2.24, 2.45) is 0 Å². The zero-order valence-corrected chi connectivity index (χ0v) is 16.6. The van der Waals surface area contributed by atoms with Crippen LogP contribution in [0.2, 0.25) is 0 Å². The second-order valence-corrected chi connectivity index (χ2v) is 6.51. The van der Waals surface area contributed by atoms with Crippen LogP contribution in [0.3, 0.4) is 0 Å². The predicted octanol–water partition coefficient (Wildman–Crippen LogP) is 2.81. The van der Waals surface area contributed by atoms with Crippen molar-refractivity contribution in [3.8, 4) is 5.75 Å². The van der Waals surface area contributed by atoms with E-state index in [0.717, 1.165) is 3.57 Å². The van der Waals surface area contributed by atoms with E-state index in [1.807, 2.05) is 12.1 Å². The molecule has 26 heavy (non-hydrogen) atoms. The zero-order valence-electron chi connectivity index (χ0n) is 13.6. The molecule has 134 valence electrons. The molecule has 0 radical (unpaired) electrons. The lowest BCUT2D eigenvalue weighted by atomic mass is 10.2. The Balaban J connectivity index is 1.93. The van der Waals surface area contributed by atoms with E-state index in [9.17, 15) is 9.59 Å². The summed E-state index contributed by atoms with van der Waals surface area (Å²) >= 11 is 7.10. The highest BCUT2D eigenvalue weighted by Crippen LogP contribution is 2.17. The van der Waals surface area contributed by atoms with Crippen LogP contribution in [-0.4, -0.2) is 23.5 Å². The maximum Gasteiger partial charge on any atom is 0.273 e. The van der Waals surface area contributed by atoms with Gasteiger partial charge in [0.25, 0.3) is 11.8 Å². The molecule has 0 aliphatic heterocycles. The highest BCUT2D eigenvalue weighted by atomic mass is 127. The molecule has 0 aliphatic rings. The van der Waals surface area contributed by atoms with Gasteiger partial charge in [0.15, 0.2) is 5.11 Å². The fraction of sp³-hybridized carbons (Fsp3) is 0.0556. The molecule has 2 aromatic carbocycles. The third kappa shape index (κ3) is 5.53. The van der Waals surface area contributed by atoms with Crippen LogP contribution in [0.25, 0.3) is 0 Å². The van der Waals surface area contributed by atoms with E-state index in [2.05, 4.69) is 45.3 Å². The van der Waals surface area contributed by atoms with Crippen LogP contribution in [0.5, 0.6) is 5.75 Å². The molecule has 0 aliphatic carbocycles. The Kier molecular flexibility index (Phi) is 7.54. The van der Waals surface area contributed by atoms with Crippen LogP contribution in [-0.2, 0) is 0 Å². The van der Waals surface area contributed by atoms with Crippen molar-refractivity contribution in [2.75, 3.05) is 6.61 Å². The first kappa shape index (κ1) is 19.9. The molecule has 0 fully saturated rings. The standard InChI is InChI=1S/C18H16IN3O3S/c1-2-11-25-15-10-6-4-8-13(15)17(24)21-22-18(26)20-16(23)12-7-3-5-9-14(12)19/h2-10H,1,11H2,(H,21,24)(H2,20,22,23,26). The number of hydrogen-bond acceptors (Lipinski definition) is 4. The molecule has 8 heteroatoms. The quantitative estimate of drug-likeness (QED) is 0.265. The van der Waals surface area contributed by atoms with Crippen molar-refractivity contribution in [1.82, 2.24) is 16.2 Å². The highest BCUT2D eigenvalue weighted by molar-refractivity contribution is 14.1. The number of halogens is 1. The highest BCUT2D eigenvalue weighted by Gasteiger charge is 2.14. The Hall–Kier alpha value is -2.46. The largest absolute Gasteiger partial charge is 0.489 e. The van der Waals surface area contributed by atoms with Gasteiger partial charge in [-0.2, -0.15) is 0 Å². The second-order valence-electron chi connectivity index (χ2n) is 4.94. The molecular formula is C18H16IN3O3S. The first-order valence-corrected chi connectivity index (χ1v) is 9.00. The van der Waals surface area contributed by atoms with Gasteiger partial charge < -0.3 is 4.74 Å². The number of amides is 2. The molecule has 0 atom stereocenters. The maximum absolute atomic E-state index is 12.3. The molecular weight excluding hydrogens is 465 g/mol.